The maximum atomic E-state index is 5.99. The summed E-state index contributed by atoms with van der Waals surface area (Å²) in [6.07, 6.45) is 0. The molecule has 2 aromatic rings. The van der Waals surface area contributed by atoms with Crippen LogP contribution in [0.5, 0.6) is 11.6 Å². The molecule has 106 valence electrons. The number of halogens is 1. The number of nitrogens with one attached hydrogen (secondary N) is 1. The first-order chi connectivity index (χ1) is 9.51. The van der Waals surface area contributed by atoms with Crippen LogP contribution in [0.25, 0.3) is 0 Å². The van der Waals surface area contributed by atoms with Crippen molar-refractivity contribution in [3.05, 3.63) is 51.1 Å². The average molecular weight is 335 g/mol. The molecular formula is C16H19BrN2O. The highest BCUT2D eigenvalue weighted by Crippen LogP contribution is 2.29. The quantitative estimate of drug-likeness (QED) is 0.905. The molecule has 0 aliphatic carbocycles. The average Bonchev–Trinajstić information content (AvgIpc) is 2.38. The van der Waals surface area contributed by atoms with Crippen molar-refractivity contribution in [2.24, 2.45) is 0 Å². The van der Waals surface area contributed by atoms with Crippen LogP contribution in [0.15, 0.2) is 28.7 Å². The van der Waals surface area contributed by atoms with E-state index in [1.165, 1.54) is 5.56 Å². The molecule has 2 rings (SSSR count). The fraction of sp³-hybridized carbons (Fsp3) is 0.312. The predicted octanol–water partition coefficient (Wildman–Crippen LogP) is 4.28. The van der Waals surface area contributed by atoms with Gasteiger partial charge in [-0.2, -0.15) is 0 Å². The fourth-order valence-corrected chi connectivity index (χ4v) is 2.34. The predicted molar refractivity (Wildman–Crippen MR) is 85.4 cm³/mol. The van der Waals surface area contributed by atoms with Gasteiger partial charge in [-0.3, -0.25) is 0 Å². The Kier molecular flexibility index (Phi) is 4.78. The van der Waals surface area contributed by atoms with Crippen LogP contribution in [-0.4, -0.2) is 12.0 Å². The number of aromatic nitrogens is 1. The highest BCUT2D eigenvalue weighted by molar-refractivity contribution is 9.10. The largest absolute Gasteiger partial charge is 0.439 e. The molecule has 3 nitrogen and oxygen atoms in total. The van der Waals surface area contributed by atoms with Crippen LogP contribution < -0.4 is 10.1 Å². The molecule has 0 spiro atoms. The first-order valence-electron chi connectivity index (χ1n) is 6.57. The molecule has 1 aromatic carbocycles. The van der Waals surface area contributed by atoms with E-state index < -0.39 is 0 Å². The molecule has 0 radical (unpaired) electrons. The summed E-state index contributed by atoms with van der Waals surface area (Å²) in [5.74, 6) is 1.49. The normalized spacial score (nSPS) is 10.7. The number of hydrogen-bond acceptors (Lipinski definition) is 3. The van der Waals surface area contributed by atoms with Crippen molar-refractivity contribution in [1.82, 2.24) is 10.3 Å². The van der Waals surface area contributed by atoms with Gasteiger partial charge >= 0.3 is 0 Å². The second-order valence-corrected chi connectivity index (χ2v) is 5.76. The number of pyridine rings is 1. The molecule has 0 unspecified atom stereocenters. The van der Waals surface area contributed by atoms with Gasteiger partial charge in [0.05, 0.1) is 0 Å². The van der Waals surface area contributed by atoms with Gasteiger partial charge in [0, 0.05) is 22.3 Å². The lowest BCUT2D eigenvalue weighted by Gasteiger charge is -2.14. The van der Waals surface area contributed by atoms with Crippen molar-refractivity contribution >= 4 is 15.9 Å². The molecule has 0 bridgehead atoms. The first kappa shape index (κ1) is 15.0. The summed E-state index contributed by atoms with van der Waals surface area (Å²) >= 11 is 3.50. The Labute approximate surface area is 128 Å². The molecule has 1 aromatic heterocycles. The maximum Gasteiger partial charge on any atom is 0.224 e. The number of hydrogen-bond donors (Lipinski definition) is 1. The van der Waals surface area contributed by atoms with Crippen molar-refractivity contribution in [1.29, 1.82) is 0 Å². The monoisotopic (exact) mass is 334 g/mol. The van der Waals surface area contributed by atoms with Crippen molar-refractivity contribution in [2.75, 3.05) is 7.05 Å². The molecule has 0 fully saturated rings. The summed E-state index contributed by atoms with van der Waals surface area (Å²) in [7, 11) is 1.92. The Bertz CT molecular complexity index is 626. The molecule has 4 heteroatoms. The third kappa shape index (κ3) is 3.38. The van der Waals surface area contributed by atoms with E-state index >= 15 is 0 Å². The van der Waals surface area contributed by atoms with Crippen LogP contribution in [0.4, 0.5) is 0 Å². The zero-order valence-electron chi connectivity index (χ0n) is 12.2. The number of nitrogens with zero attached hydrogens (tertiary/aromatic N) is 1. The van der Waals surface area contributed by atoms with Gasteiger partial charge < -0.3 is 10.1 Å². The molecule has 0 saturated heterocycles. The molecule has 0 aliphatic rings. The van der Waals surface area contributed by atoms with Crippen LogP contribution in [0.2, 0.25) is 0 Å². The second-order valence-electron chi connectivity index (χ2n) is 4.91. The molecule has 20 heavy (non-hydrogen) atoms. The number of aryl methyl sites for hydroxylation is 3. The molecule has 0 atom stereocenters. The van der Waals surface area contributed by atoms with Gasteiger partial charge in [-0.1, -0.05) is 15.9 Å². The van der Waals surface area contributed by atoms with E-state index in [0.717, 1.165) is 33.6 Å². The summed E-state index contributed by atoms with van der Waals surface area (Å²) in [5, 5.41) is 3.16. The lowest BCUT2D eigenvalue weighted by molar-refractivity contribution is 0.451. The van der Waals surface area contributed by atoms with Crippen LogP contribution in [0.1, 0.15) is 22.4 Å². The summed E-state index contributed by atoms with van der Waals surface area (Å²) in [6, 6.07) is 8.02. The van der Waals surface area contributed by atoms with Crippen molar-refractivity contribution < 1.29 is 4.74 Å². The van der Waals surface area contributed by atoms with Crippen LogP contribution in [0.3, 0.4) is 0 Å². The Hall–Kier alpha value is -1.39. The van der Waals surface area contributed by atoms with E-state index in [9.17, 15) is 0 Å². The third-order valence-electron chi connectivity index (χ3n) is 3.13. The fourth-order valence-electron chi connectivity index (χ4n) is 2.10. The molecular weight excluding hydrogens is 316 g/mol. The lowest BCUT2D eigenvalue weighted by Crippen LogP contribution is -2.09. The number of rotatable bonds is 4. The van der Waals surface area contributed by atoms with E-state index in [0.29, 0.717) is 5.88 Å². The van der Waals surface area contributed by atoms with Crippen LogP contribution in [-0.2, 0) is 6.54 Å². The summed E-state index contributed by atoms with van der Waals surface area (Å²) in [5.41, 5.74) is 4.39. The minimum atomic E-state index is 0.679. The minimum absolute atomic E-state index is 0.679. The van der Waals surface area contributed by atoms with Crippen LogP contribution >= 0.6 is 15.9 Å². The van der Waals surface area contributed by atoms with Gasteiger partial charge in [0.15, 0.2) is 0 Å². The Morgan fingerprint density at radius 1 is 1.15 bits per heavy atom. The zero-order chi connectivity index (χ0) is 14.7. The van der Waals surface area contributed by atoms with Gasteiger partial charge in [-0.25, -0.2) is 4.98 Å². The Morgan fingerprint density at radius 2 is 1.90 bits per heavy atom. The SMILES string of the molecule is CNCc1c(C)cc(C)nc1Oc1ccc(Br)c(C)c1. The highest BCUT2D eigenvalue weighted by atomic mass is 79.9. The van der Waals surface area contributed by atoms with Crippen molar-refractivity contribution in [3.8, 4) is 11.6 Å². The Morgan fingerprint density at radius 3 is 2.55 bits per heavy atom. The van der Waals surface area contributed by atoms with Gasteiger partial charge in [-0.05, 0) is 63.2 Å². The summed E-state index contributed by atoms with van der Waals surface area (Å²) in [4.78, 5) is 4.53. The molecule has 1 N–H and O–H groups in total. The summed E-state index contributed by atoms with van der Waals surface area (Å²) in [6.45, 7) is 6.85. The van der Waals surface area contributed by atoms with E-state index in [-0.39, 0.29) is 0 Å². The van der Waals surface area contributed by atoms with Crippen molar-refractivity contribution in [3.63, 3.8) is 0 Å². The topological polar surface area (TPSA) is 34.2 Å². The second kappa shape index (κ2) is 6.37. The smallest absolute Gasteiger partial charge is 0.224 e. The van der Waals surface area contributed by atoms with E-state index in [1.807, 2.05) is 39.1 Å². The lowest BCUT2D eigenvalue weighted by atomic mass is 10.1. The van der Waals surface area contributed by atoms with Gasteiger partial charge in [0.25, 0.3) is 0 Å². The first-order valence-corrected chi connectivity index (χ1v) is 7.36. The molecule has 0 aliphatic heterocycles. The third-order valence-corrected chi connectivity index (χ3v) is 4.02. The van der Waals surface area contributed by atoms with Gasteiger partial charge in [0.1, 0.15) is 5.75 Å². The molecule has 1 heterocycles. The van der Waals surface area contributed by atoms with E-state index in [2.05, 4.69) is 39.2 Å². The Balaban J connectivity index is 2.38. The van der Waals surface area contributed by atoms with Gasteiger partial charge in [0.2, 0.25) is 5.88 Å². The number of benzene rings is 1. The maximum absolute atomic E-state index is 5.99. The standard InChI is InChI=1S/C16H19BrN2O/c1-10-7-12(3)19-16(14(10)9-18-4)20-13-5-6-15(17)11(2)8-13/h5-8,18H,9H2,1-4H3. The highest BCUT2D eigenvalue weighted by Gasteiger charge is 2.11. The summed E-state index contributed by atoms with van der Waals surface area (Å²) < 4.78 is 7.07. The van der Waals surface area contributed by atoms with Crippen LogP contribution in [0, 0.1) is 20.8 Å². The van der Waals surface area contributed by atoms with Gasteiger partial charge in [-0.15, -0.1) is 0 Å². The zero-order valence-corrected chi connectivity index (χ0v) is 13.8. The van der Waals surface area contributed by atoms with E-state index in [4.69, 9.17) is 4.74 Å². The van der Waals surface area contributed by atoms with Crippen molar-refractivity contribution in [2.45, 2.75) is 27.3 Å². The minimum Gasteiger partial charge on any atom is -0.439 e. The van der Waals surface area contributed by atoms with E-state index in [1.54, 1.807) is 0 Å². The molecule has 0 amide bonds. The number of ether oxygens (including phenoxy) is 1. The molecule has 0 saturated carbocycles.